The van der Waals surface area contributed by atoms with Crippen molar-refractivity contribution in [2.24, 2.45) is 12.8 Å². The van der Waals surface area contributed by atoms with Gasteiger partial charge in [-0.3, -0.25) is 9.48 Å². The first-order chi connectivity index (χ1) is 10.0. The van der Waals surface area contributed by atoms with Crippen LogP contribution in [-0.2, 0) is 11.8 Å². The maximum atomic E-state index is 12.6. The molecular weight excluding hydrogens is 292 g/mol. The van der Waals surface area contributed by atoms with E-state index in [1.807, 2.05) is 11.8 Å². The fraction of sp³-hybridized carbons (Fsp3) is 0.714. The van der Waals surface area contributed by atoms with E-state index < -0.39 is 0 Å². The summed E-state index contributed by atoms with van der Waals surface area (Å²) in [6.07, 6.45) is 2.82. The van der Waals surface area contributed by atoms with Crippen LogP contribution < -0.4 is 5.73 Å². The van der Waals surface area contributed by atoms with Crippen LogP contribution in [-0.4, -0.2) is 52.9 Å². The molecule has 1 aromatic heterocycles. The zero-order valence-electron chi connectivity index (χ0n) is 12.6. The lowest BCUT2D eigenvalue weighted by molar-refractivity contribution is 0.00843. The fourth-order valence-electron chi connectivity index (χ4n) is 2.59. The molecule has 6 nitrogen and oxygen atoms in total. The Morgan fingerprint density at radius 1 is 1.48 bits per heavy atom. The number of carbonyl (C=O) groups is 1. The molecule has 0 saturated carbocycles. The number of amides is 1. The molecule has 2 rings (SSSR count). The van der Waals surface area contributed by atoms with Crippen molar-refractivity contribution in [3.8, 4) is 0 Å². The van der Waals surface area contributed by atoms with E-state index in [4.69, 9.17) is 22.1 Å². The summed E-state index contributed by atoms with van der Waals surface area (Å²) in [5, 5.41) is 4.59. The van der Waals surface area contributed by atoms with Gasteiger partial charge >= 0.3 is 0 Å². The monoisotopic (exact) mass is 314 g/mol. The van der Waals surface area contributed by atoms with E-state index in [-0.39, 0.29) is 12.0 Å². The van der Waals surface area contributed by atoms with E-state index in [0.29, 0.717) is 42.7 Å². The van der Waals surface area contributed by atoms with Crippen LogP contribution in [0.1, 0.15) is 35.3 Å². The van der Waals surface area contributed by atoms with Crippen LogP contribution in [0.2, 0.25) is 5.15 Å². The third kappa shape index (κ3) is 3.75. The summed E-state index contributed by atoms with van der Waals surface area (Å²) >= 11 is 6.16. The lowest BCUT2D eigenvalue weighted by Crippen LogP contribution is -2.41. The van der Waals surface area contributed by atoms with E-state index in [9.17, 15) is 4.79 Å². The predicted molar refractivity (Wildman–Crippen MR) is 81.5 cm³/mol. The van der Waals surface area contributed by atoms with Crippen molar-refractivity contribution in [3.05, 3.63) is 16.4 Å². The second-order valence-electron chi connectivity index (χ2n) is 5.38. The molecule has 0 atom stereocenters. The molecule has 21 heavy (non-hydrogen) atoms. The van der Waals surface area contributed by atoms with E-state index >= 15 is 0 Å². The van der Waals surface area contributed by atoms with Gasteiger partial charge in [-0.25, -0.2) is 0 Å². The number of halogens is 1. The van der Waals surface area contributed by atoms with Crippen molar-refractivity contribution in [1.29, 1.82) is 0 Å². The highest BCUT2D eigenvalue weighted by atomic mass is 35.5. The summed E-state index contributed by atoms with van der Waals surface area (Å²) in [6, 6.07) is 0. The van der Waals surface area contributed by atoms with Crippen molar-refractivity contribution in [1.82, 2.24) is 14.7 Å². The van der Waals surface area contributed by atoms with Crippen molar-refractivity contribution < 1.29 is 9.53 Å². The number of piperidine rings is 1. The van der Waals surface area contributed by atoms with Gasteiger partial charge in [-0.05, 0) is 32.7 Å². The predicted octanol–water partition coefficient (Wildman–Crippen LogP) is 1.35. The molecule has 1 fully saturated rings. The summed E-state index contributed by atoms with van der Waals surface area (Å²) in [4.78, 5) is 14.4. The fourth-order valence-corrected chi connectivity index (χ4v) is 2.85. The number of aryl methyl sites for hydroxylation is 2. The number of hydrogen-bond acceptors (Lipinski definition) is 4. The molecule has 118 valence electrons. The van der Waals surface area contributed by atoms with Gasteiger partial charge in [0.2, 0.25) is 0 Å². The Morgan fingerprint density at radius 2 is 2.14 bits per heavy atom. The van der Waals surface area contributed by atoms with Crippen molar-refractivity contribution in [2.45, 2.75) is 32.3 Å². The standard InChI is InChI=1S/C14H23ClN4O2/c1-10-12(13(15)18(2)17-10)14(20)19-7-4-11(5-8-19)21-9-3-6-16/h11H,3-9,16H2,1-2H3. The molecule has 7 heteroatoms. The van der Waals surface area contributed by atoms with Crippen LogP contribution in [0.3, 0.4) is 0 Å². The molecule has 1 aliphatic rings. The highest BCUT2D eigenvalue weighted by Gasteiger charge is 2.28. The minimum absolute atomic E-state index is 0.0361. The Kier molecular flexibility index (Phi) is 5.61. The summed E-state index contributed by atoms with van der Waals surface area (Å²) in [5.74, 6) is -0.0361. The van der Waals surface area contributed by atoms with E-state index in [2.05, 4.69) is 5.10 Å². The zero-order valence-corrected chi connectivity index (χ0v) is 13.4. The molecule has 0 aliphatic carbocycles. The molecular formula is C14H23ClN4O2. The van der Waals surface area contributed by atoms with Gasteiger partial charge in [-0.15, -0.1) is 0 Å². The third-order valence-corrected chi connectivity index (χ3v) is 4.23. The highest BCUT2D eigenvalue weighted by molar-refractivity contribution is 6.33. The number of carbonyl (C=O) groups excluding carboxylic acids is 1. The molecule has 2 N–H and O–H groups in total. The van der Waals surface area contributed by atoms with E-state index in [1.165, 1.54) is 4.68 Å². The van der Waals surface area contributed by atoms with Crippen molar-refractivity contribution in [2.75, 3.05) is 26.2 Å². The SMILES string of the molecule is Cc1nn(C)c(Cl)c1C(=O)N1CCC(OCCCN)CC1. The molecule has 0 bridgehead atoms. The number of nitrogens with zero attached hydrogens (tertiary/aromatic N) is 3. The Hall–Kier alpha value is -1.11. The van der Waals surface area contributed by atoms with Crippen LogP contribution in [0.25, 0.3) is 0 Å². The number of aromatic nitrogens is 2. The number of rotatable bonds is 5. The molecule has 1 saturated heterocycles. The Balaban J connectivity index is 1.91. The van der Waals surface area contributed by atoms with Crippen LogP contribution in [0.5, 0.6) is 0 Å². The van der Waals surface area contributed by atoms with E-state index in [0.717, 1.165) is 19.3 Å². The minimum atomic E-state index is -0.0361. The molecule has 1 aliphatic heterocycles. The van der Waals surface area contributed by atoms with Gasteiger partial charge in [0.15, 0.2) is 0 Å². The number of nitrogens with two attached hydrogens (primary N) is 1. The molecule has 1 amide bonds. The van der Waals surface area contributed by atoms with Gasteiger partial charge in [0.25, 0.3) is 5.91 Å². The number of likely N-dealkylation sites (tertiary alicyclic amines) is 1. The first-order valence-corrected chi connectivity index (χ1v) is 7.72. The number of ether oxygens (including phenoxy) is 1. The maximum Gasteiger partial charge on any atom is 0.258 e. The Morgan fingerprint density at radius 3 is 2.67 bits per heavy atom. The van der Waals surface area contributed by atoms with Gasteiger partial charge in [0.1, 0.15) is 5.15 Å². The topological polar surface area (TPSA) is 73.4 Å². The van der Waals surface area contributed by atoms with Crippen LogP contribution in [0.4, 0.5) is 0 Å². The first kappa shape index (κ1) is 16.3. The zero-order chi connectivity index (χ0) is 15.4. The Labute approximate surface area is 130 Å². The van der Waals surface area contributed by atoms with Crippen LogP contribution in [0, 0.1) is 6.92 Å². The average Bonchev–Trinajstić information content (AvgIpc) is 2.72. The second kappa shape index (κ2) is 7.24. The van der Waals surface area contributed by atoms with Crippen molar-refractivity contribution >= 4 is 17.5 Å². The quantitative estimate of drug-likeness (QED) is 0.833. The van der Waals surface area contributed by atoms with Crippen LogP contribution >= 0.6 is 11.6 Å². The van der Waals surface area contributed by atoms with Gasteiger partial charge in [0, 0.05) is 26.7 Å². The number of hydrogen-bond donors (Lipinski definition) is 1. The lowest BCUT2D eigenvalue weighted by atomic mass is 10.1. The molecule has 0 aromatic carbocycles. The smallest absolute Gasteiger partial charge is 0.258 e. The summed E-state index contributed by atoms with van der Waals surface area (Å²) in [5.41, 5.74) is 6.64. The van der Waals surface area contributed by atoms with Crippen molar-refractivity contribution in [3.63, 3.8) is 0 Å². The van der Waals surface area contributed by atoms with Gasteiger partial charge in [-0.1, -0.05) is 11.6 Å². The van der Waals surface area contributed by atoms with Gasteiger partial charge < -0.3 is 15.4 Å². The summed E-state index contributed by atoms with van der Waals surface area (Å²) in [7, 11) is 1.74. The Bertz CT molecular complexity index is 495. The lowest BCUT2D eigenvalue weighted by Gasteiger charge is -2.32. The second-order valence-corrected chi connectivity index (χ2v) is 5.74. The normalized spacial score (nSPS) is 16.5. The molecule has 0 radical (unpaired) electrons. The molecule has 0 spiro atoms. The first-order valence-electron chi connectivity index (χ1n) is 7.34. The van der Waals surface area contributed by atoms with Gasteiger partial charge in [0.05, 0.1) is 17.4 Å². The molecule has 1 aromatic rings. The van der Waals surface area contributed by atoms with E-state index in [1.54, 1.807) is 7.05 Å². The summed E-state index contributed by atoms with van der Waals surface area (Å²) in [6.45, 7) is 4.54. The van der Waals surface area contributed by atoms with Gasteiger partial charge in [-0.2, -0.15) is 5.10 Å². The molecule has 2 heterocycles. The molecule has 0 unspecified atom stereocenters. The summed E-state index contributed by atoms with van der Waals surface area (Å²) < 4.78 is 7.28. The highest BCUT2D eigenvalue weighted by Crippen LogP contribution is 2.23. The average molecular weight is 315 g/mol. The van der Waals surface area contributed by atoms with Crippen LogP contribution in [0.15, 0.2) is 0 Å². The largest absolute Gasteiger partial charge is 0.378 e. The maximum absolute atomic E-state index is 12.6. The third-order valence-electron chi connectivity index (χ3n) is 3.80. The minimum Gasteiger partial charge on any atom is -0.378 e.